The van der Waals surface area contributed by atoms with E-state index >= 15 is 0 Å². The van der Waals surface area contributed by atoms with Crippen LogP contribution in [0.25, 0.3) is 21.6 Å². The average molecular weight is 301 g/mol. The third-order valence-corrected chi connectivity index (χ3v) is 4.01. The van der Waals surface area contributed by atoms with E-state index in [2.05, 4.69) is 15.3 Å². The van der Waals surface area contributed by atoms with E-state index < -0.39 is 0 Å². The number of rotatable bonds is 4. The number of anilines is 1. The molecule has 21 heavy (non-hydrogen) atoms. The third-order valence-electron chi connectivity index (χ3n) is 3.20. The van der Waals surface area contributed by atoms with Crippen LogP contribution in [0.15, 0.2) is 29.6 Å². The largest absolute Gasteiger partial charge is 0.493 e. The van der Waals surface area contributed by atoms with Crippen molar-refractivity contribution in [3.05, 3.63) is 29.6 Å². The number of nitrogens with zero attached hydrogens (tertiary/aromatic N) is 2. The topological polar surface area (TPSA) is 56.3 Å². The Kier molecular flexibility index (Phi) is 3.62. The maximum atomic E-state index is 5.33. The van der Waals surface area contributed by atoms with Gasteiger partial charge in [0.15, 0.2) is 17.3 Å². The average Bonchev–Trinajstić information content (AvgIpc) is 3.01. The van der Waals surface area contributed by atoms with Crippen LogP contribution >= 0.6 is 11.3 Å². The Morgan fingerprint density at radius 1 is 1.05 bits per heavy atom. The molecule has 0 saturated carbocycles. The van der Waals surface area contributed by atoms with Gasteiger partial charge in [0.1, 0.15) is 10.6 Å². The van der Waals surface area contributed by atoms with Gasteiger partial charge in [-0.1, -0.05) is 0 Å². The molecule has 2 aromatic heterocycles. The molecule has 0 aliphatic rings. The van der Waals surface area contributed by atoms with Crippen LogP contribution in [0.1, 0.15) is 0 Å². The van der Waals surface area contributed by atoms with E-state index in [0.29, 0.717) is 17.3 Å². The molecule has 0 atom stereocenters. The molecule has 0 amide bonds. The Morgan fingerprint density at radius 2 is 1.86 bits per heavy atom. The summed E-state index contributed by atoms with van der Waals surface area (Å²) in [7, 11) is 5.09. The molecule has 6 heteroatoms. The zero-order chi connectivity index (χ0) is 14.8. The van der Waals surface area contributed by atoms with Gasteiger partial charge in [0, 0.05) is 12.6 Å². The fourth-order valence-electron chi connectivity index (χ4n) is 2.15. The highest BCUT2D eigenvalue weighted by Gasteiger charge is 2.12. The first kappa shape index (κ1) is 13.6. The number of thiophene rings is 1. The lowest BCUT2D eigenvalue weighted by Gasteiger charge is -2.10. The number of hydrogen-bond acceptors (Lipinski definition) is 6. The van der Waals surface area contributed by atoms with Crippen LogP contribution in [0.2, 0.25) is 0 Å². The number of benzene rings is 1. The molecule has 0 spiro atoms. The maximum Gasteiger partial charge on any atom is 0.163 e. The van der Waals surface area contributed by atoms with Gasteiger partial charge < -0.3 is 14.8 Å². The quantitative estimate of drug-likeness (QED) is 0.800. The fraction of sp³-hybridized carbons (Fsp3) is 0.200. The van der Waals surface area contributed by atoms with E-state index in [-0.39, 0.29) is 0 Å². The van der Waals surface area contributed by atoms with E-state index in [0.717, 1.165) is 21.6 Å². The predicted molar refractivity (Wildman–Crippen MR) is 85.5 cm³/mol. The normalized spacial score (nSPS) is 10.6. The van der Waals surface area contributed by atoms with Gasteiger partial charge in [-0.05, 0) is 29.6 Å². The maximum absolute atomic E-state index is 5.33. The lowest BCUT2D eigenvalue weighted by atomic mass is 10.2. The molecule has 0 bridgehead atoms. The number of fused-ring (bicyclic) bond motifs is 1. The summed E-state index contributed by atoms with van der Waals surface area (Å²) in [6, 6.07) is 7.68. The highest BCUT2D eigenvalue weighted by molar-refractivity contribution is 7.16. The zero-order valence-corrected chi connectivity index (χ0v) is 12.8. The van der Waals surface area contributed by atoms with Crippen molar-refractivity contribution in [3.8, 4) is 22.9 Å². The van der Waals surface area contributed by atoms with Gasteiger partial charge in [0.2, 0.25) is 0 Å². The first-order chi connectivity index (χ1) is 10.3. The Hall–Kier alpha value is -2.34. The van der Waals surface area contributed by atoms with E-state index in [4.69, 9.17) is 9.47 Å². The van der Waals surface area contributed by atoms with Crippen molar-refractivity contribution in [1.82, 2.24) is 9.97 Å². The van der Waals surface area contributed by atoms with Crippen LogP contribution in [0, 0.1) is 0 Å². The summed E-state index contributed by atoms with van der Waals surface area (Å²) in [5.41, 5.74) is 0.888. The standard InChI is InChI=1S/C15H15N3O2S/c1-16-14-10-6-7-21-15(10)18-13(17-14)9-4-5-11(19-2)12(8-9)20-3/h4-8H,1-3H3,(H,16,17,18). The monoisotopic (exact) mass is 301 g/mol. The van der Waals surface area contributed by atoms with Crippen molar-refractivity contribution >= 4 is 27.4 Å². The molecule has 0 aliphatic carbocycles. The SMILES string of the molecule is CNc1nc(-c2ccc(OC)c(OC)c2)nc2sccc12. The van der Waals surface area contributed by atoms with Crippen LogP contribution in [-0.2, 0) is 0 Å². The summed E-state index contributed by atoms with van der Waals surface area (Å²) in [4.78, 5) is 10.2. The highest BCUT2D eigenvalue weighted by atomic mass is 32.1. The minimum Gasteiger partial charge on any atom is -0.493 e. The van der Waals surface area contributed by atoms with Crippen LogP contribution in [-0.4, -0.2) is 31.2 Å². The second-order valence-electron chi connectivity index (χ2n) is 4.36. The van der Waals surface area contributed by atoms with Crippen molar-refractivity contribution in [2.24, 2.45) is 0 Å². The van der Waals surface area contributed by atoms with Crippen molar-refractivity contribution in [2.75, 3.05) is 26.6 Å². The van der Waals surface area contributed by atoms with Gasteiger partial charge in [-0.15, -0.1) is 11.3 Å². The number of hydrogen-bond donors (Lipinski definition) is 1. The smallest absolute Gasteiger partial charge is 0.163 e. The Morgan fingerprint density at radius 3 is 2.57 bits per heavy atom. The molecule has 108 valence electrons. The van der Waals surface area contributed by atoms with Crippen molar-refractivity contribution in [2.45, 2.75) is 0 Å². The first-order valence-corrected chi connectivity index (χ1v) is 7.30. The molecule has 3 aromatic rings. The second kappa shape index (κ2) is 5.57. The van der Waals surface area contributed by atoms with Gasteiger partial charge >= 0.3 is 0 Å². The molecule has 0 aliphatic heterocycles. The van der Waals surface area contributed by atoms with Crippen molar-refractivity contribution < 1.29 is 9.47 Å². The predicted octanol–water partition coefficient (Wildman–Crippen LogP) is 3.42. The molecule has 0 radical (unpaired) electrons. The van der Waals surface area contributed by atoms with Crippen LogP contribution in [0.5, 0.6) is 11.5 Å². The third kappa shape index (κ3) is 2.38. The summed E-state index contributed by atoms with van der Waals surface area (Å²) in [5.74, 6) is 2.84. The lowest BCUT2D eigenvalue weighted by molar-refractivity contribution is 0.355. The highest BCUT2D eigenvalue weighted by Crippen LogP contribution is 2.33. The van der Waals surface area contributed by atoms with Gasteiger partial charge in [0.25, 0.3) is 0 Å². The number of nitrogens with one attached hydrogen (secondary N) is 1. The van der Waals surface area contributed by atoms with Gasteiger partial charge in [0.05, 0.1) is 19.6 Å². The minimum atomic E-state index is 0.662. The van der Waals surface area contributed by atoms with E-state index in [1.807, 2.05) is 36.7 Å². The molecule has 3 rings (SSSR count). The van der Waals surface area contributed by atoms with Crippen LogP contribution < -0.4 is 14.8 Å². The molecule has 2 heterocycles. The van der Waals surface area contributed by atoms with Crippen LogP contribution in [0.3, 0.4) is 0 Å². The van der Waals surface area contributed by atoms with Gasteiger partial charge in [-0.2, -0.15) is 0 Å². The molecule has 5 nitrogen and oxygen atoms in total. The van der Waals surface area contributed by atoms with E-state index in [1.165, 1.54) is 0 Å². The molecule has 0 unspecified atom stereocenters. The molecular weight excluding hydrogens is 286 g/mol. The Bertz CT molecular complexity index is 786. The van der Waals surface area contributed by atoms with Crippen molar-refractivity contribution in [3.63, 3.8) is 0 Å². The lowest BCUT2D eigenvalue weighted by Crippen LogP contribution is -1.98. The summed E-state index contributed by atoms with van der Waals surface area (Å²) in [6.07, 6.45) is 0. The summed E-state index contributed by atoms with van der Waals surface area (Å²) in [5, 5.41) is 6.16. The minimum absolute atomic E-state index is 0.662. The summed E-state index contributed by atoms with van der Waals surface area (Å²) < 4.78 is 10.6. The summed E-state index contributed by atoms with van der Waals surface area (Å²) in [6.45, 7) is 0. The number of aromatic nitrogens is 2. The van der Waals surface area contributed by atoms with E-state index in [1.54, 1.807) is 25.6 Å². The van der Waals surface area contributed by atoms with E-state index in [9.17, 15) is 0 Å². The second-order valence-corrected chi connectivity index (χ2v) is 5.25. The van der Waals surface area contributed by atoms with Crippen molar-refractivity contribution in [1.29, 1.82) is 0 Å². The molecule has 1 aromatic carbocycles. The Labute approximate surface area is 126 Å². The fourth-order valence-corrected chi connectivity index (χ4v) is 2.91. The molecular formula is C15H15N3O2S. The zero-order valence-electron chi connectivity index (χ0n) is 12.0. The number of ether oxygens (including phenoxy) is 2. The van der Waals surface area contributed by atoms with Crippen LogP contribution in [0.4, 0.5) is 5.82 Å². The molecule has 0 fully saturated rings. The number of methoxy groups -OCH3 is 2. The molecule has 0 saturated heterocycles. The molecule has 1 N–H and O–H groups in total. The summed E-state index contributed by atoms with van der Waals surface area (Å²) >= 11 is 1.60. The first-order valence-electron chi connectivity index (χ1n) is 6.42. The Balaban J connectivity index is 2.15. The van der Waals surface area contributed by atoms with Gasteiger partial charge in [-0.3, -0.25) is 0 Å². The van der Waals surface area contributed by atoms with Gasteiger partial charge in [-0.25, -0.2) is 9.97 Å².